The lowest BCUT2D eigenvalue weighted by molar-refractivity contribution is 0.199. The van der Waals surface area contributed by atoms with E-state index in [2.05, 4.69) is 49.2 Å². The van der Waals surface area contributed by atoms with Gasteiger partial charge in [0.2, 0.25) is 0 Å². The van der Waals surface area contributed by atoms with Gasteiger partial charge in [-0.2, -0.15) is 0 Å². The van der Waals surface area contributed by atoms with Crippen molar-refractivity contribution in [3.8, 4) is 0 Å². The van der Waals surface area contributed by atoms with Gasteiger partial charge in [0.1, 0.15) is 0 Å². The van der Waals surface area contributed by atoms with Gasteiger partial charge in [-0.1, -0.05) is 18.2 Å². The first-order valence-electron chi connectivity index (χ1n) is 6.17. The third-order valence-electron chi connectivity index (χ3n) is 3.48. The average molecular weight is 218 g/mol. The number of piperazine rings is 1. The van der Waals surface area contributed by atoms with Crippen LogP contribution in [0.5, 0.6) is 0 Å². The number of rotatable bonds is 2. The maximum atomic E-state index is 3.49. The summed E-state index contributed by atoms with van der Waals surface area (Å²) in [4.78, 5) is 2.55. The highest BCUT2D eigenvalue weighted by Crippen LogP contribution is 2.16. The topological polar surface area (TPSA) is 15.3 Å². The summed E-state index contributed by atoms with van der Waals surface area (Å²) in [6.45, 7) is 11.2. The summed E-state index contributed by atoms with van der Waals surface area (Å²) in [6, 6.07) is 7.20. The minimum atomic E-state index is 0.623. The molecule has 1 aliphatic rings. The molecule has 0 radical (unpaired) electrons. The first-order valence-corrected chi connectivity index (χ1v) is 6.17. The standard InChI is InChI=1S/C14H22N2/c1-11-5-4-6-12(2)14(11)10-16-8-7-15-13(3)9-16/h4-6,13,15H,7-10H2,1-3H3/t13-/m0/s1. The van der Waals surface area contributed by atoms with E-state index in [1.54, 1.807) is 0 Å². The summed E-state index contributed by atoms with van der Waals surface area (Å²) < 4.78 is 0. The van der Waals surface area contributed by atoms with Crippen LogP contribution < -0.4 is 5.32 Å². The van der Waals surface area contributed by atoms with E-state index in [4.69, 9.17) is 0 Å². The zero-order chi connectivity index (χ0) is 11.5. The van der Waals surface area contributed by atoms with E-state index >= 15 is 0 Å². The van der Waals surface area contributed by atoms with E-state index in [1.807, 2.05) is 0 Å². The SMILES string of the molecule is Cc1cccc(C)c1CN1CCN[C@@H](C)C1. The number of nitrogens with one attached hydrogen (secondary N) is 1. The number of benzene rings is 1. The summed E-state index contributed by atoms with van der Waals surface area (Å²) in [5.41, 5.74) is 4.36. The molecule has 1 saturated heterocycles. The molecule has 1 aromatic rings. The van der Waals surface area contributed by atoms with Crippen molar-refractivity contribution in [1.29, 1.82) is 0 Å². The van der Waals surface area contributed by atoms with E-state index in [0.717, 1.165) is 26.2 Å². The zero-order valence-electron chi connectivity index (χ0n) is 10.6. The zero-order valence-corrected chi connectivity index (χ0v) is 10.6. The lowest BCUT2D eigenvalue weighted by Crippen LogP contribution is -2.48. The molecule has 2 rings (SSSR count). The Morgan fingerprint density at radius 3 is 2.62 bits per heavy atom. The lowest BCUT2D eigenvalue weighted by Gasteiger charge is -2.32. The Labute approximate surface area is 98.7 Å². The molecule has 1 N–H and O–H groups in total. The molecule has 0 bridgehead atoms. The van der Waals surface area contributed by atoms with Gasteiger partial charge in [-0.25, -0.2) is 0 Å². The third-order valence-corrected chi connectivity index (χ3v) is 3.48. The average Bonchev–Trinajstić information content (AvgIpc) is 2.24. The second kappa shape index (κ2) is 4.98. The smallest absolute Gasteiger partial charge is 0.0240 e. The summed E-state index contributed by atoms with van der Waals surface area (Å²) in [5.74, 6) is 0. The molecule has 0 unspecified atom stereocenters. The molecule has 1 heterocycles. The van der Waals surface area contributed by atoms with E-state index < -0.39 is 0 Å². The first kappa shape index (κ1) is 11.6. The monoisotopic (exact) mass is 218 g/mol. The molecule has 2 heteroatoms. The van der Waals surface area contributed by atoms with Crippen molar-refractivity contribution in [2.45, 2.75) is 33.4 Å². The highest BCUT2D eigenvalue weighted by Gasteiger charge is 2.16. The Bertz CT molecular complexity index is 340. The van der Waals surface area contributed by atoms with Gasteiger partial charge in [-0.15, -0.1) is 0 Å². The molecule has 1 aromatic carbocycles. The fraction of sp³-hybridized carbons (Fsp3) is 0.571. The first-order chi connectivity index (χ1) is 7.66. The van der Waals surface area contributed by atoms with Gasteiger partial charge in [0.25, 0.3) is 0 Å². The summed E-state index contributed by atoms with van der Waals surface area (Å²) >= 11 is 0. The van der Waals surface area contributed by atoms with Gasteiger partial charge in [0.15, 0.2) is 0 Å². The molecule has 1 fully saturated rings. The predicted molar refractivity (Wildman–Crippen MR) is 68.7 cm³/mol. The minimum absolute atomic E-state index is 0.623. The maximum Gasteiger partial charge on any atom is 0.0240 e. The van der Waals surface area contributed by atoms with Crippen molar-refractivity contribution in [3.05, 3.63) is 34.9 Å². The van der Waals surface area contributed by atoms with Crippen LogP contribution in [0.3, 0.4) is 0 Å². The van der Waals surface area contributed by atoms with Gasteiger partial charge in [0.05, 0.1) is 0 Å². The Hall–Kier alpha value is -0.860. The van der Waals surface area contributed by atoms with Crippen molar-refractivity contribution in [1.82, 2.24) is 10.2 Å². The molecule has 16 heavy (non-hydrogen) atoms. The highest BCUT2D eigenvalue weighted by molar-refractivity contribution is 5.33. The molecule has 0 aromatic heterocycles. The van der Waals surface area contributed by atoms with Gasteiger partial charge in [-0.05, 0) is 37.5 Å². The Balaban J connectivity index is 2.08. The summed E-state index contributed by atoms with van der Waals surface area (Å²) in [7, 11) is 0. The largest absolute Gasteiger partial charge is 0.312 e. The van der Waals surface area contributed by atoms with Crippen molar-refractivity contribution < 1.29 is 0 Å². The van der Waals surface area contributed by atoms with Gasteiger partial charge in [-0.3, -0.25) is 4.90 Å². The molecule has 0 spiro atoms. The van der Waals surface area contributed by atoms with Crippen molar-refractivity contribution >= 4 is 0 Å². The summed E-state index contributed by atoms with van der Waals surface area (Å²) in [6.07, 6.45) is 0. The molecule has 1 atom stereocenters. The number of hydrogen-bond donors (Lipinski definition) is 1. The van der Waals surface area contributed by atoms with Crippen molar-refractivity contribution in [2.75, 3.05) is 19.6 Å². The van der Waals surface area contributed by atoms with Crippen LogP contribution in [0.1, 0.15) is 23.6 Å². The highest BCUT2D eigenvalue weighted by atomic mass is 15.2. The van der Waals surface area contributed by atoms with E-state index in [9.17, 15) is 0 Å². The van der Waals surface area contributed by atoms with Crippen LogP contribution in [0.25, 0.3) is 0 Å². The Morgan fingerprint density at radius 1 is 1.31 bits per heavy atom. The predicted octanol–water partition coefficient (Wildman–Crippen LogP) is 2.10. The van der Waals surface area contributed by atoms with Gasteiger partial charge >= 0.3 is 0 Å². The maximum absolute atomic E-state index is 3.49. The van der Waals surface area contributed by atoms with Crippen LogP contribution >= 0.6 is 0 Å². The van der Waals surface area contributed by atoms with Crippen LogP contribution in [-0.4, -0.2) is 30.6 Å². The van der Waals surface area contributed by atoms with E-state index in [1.165, 1.54) is 16.7 Å². The van der Waals surface area contributed by atoms with Gasteiger partial charge < -0.3 is 5.32 Å². The molecule has 1 aliphatic heterocycles. The van der Waals surface area contributed by atoms with Crippen LogP contribution in [-0.2, 0) is 6.54 Å². The lowest BCUT2D eigenvalue weighted by atomic mass is 10.0. The fourth-order valence-corrected chi connectivity index (χ4v) is 2.48. The number of aryl methyl sites for hydroxylation is 2. The molecule has 2 nitrogen and oxygen atoms in total. The second-order valence-electron chi connectivity index (χ2n) is 4.96. The van der Waals surface area contributed by atoms with Crippen LogP contribution in [0.15, 0.2) is 18.2 Å². The minimum Gasteiger partial charge on any atom is -0.312 e. The molecular weight excluding hydrogens is 196 g/mol. The summed E-state index contributed by atoms with van der Waals surface area (Å²) in [5, 5.41) is 3.49. The Kier molecular flexibility index (Phi) is 3.62. The van der Waals surface area contributed by atoms with Crippen LogP contribution in [0.4, 0.5) is 0 Å². The van der Waals surface area contributed by atoms with Crippen LogP contribution in [0, 0.1) is 13.8 Å². The Morgan fingerprint density at radius 2 is 2.00 bits per heavy atom. The third kappa shape index (κ3) is 2.63. The normalized spacial score (nSPS) is 22.3. The fourth-order valence-electron chi connectivity index (χ4n) is 2.48. The number of nitrogens with zero attached hydrogens (tertiary/aromatic N) is 1. The van der Waals surface area contributed by atoms with Crippen molar-refractivity contribution in [3.63, 3.8) is 0 Å². The molecule has 0 amide bonds. The molecule has 88 valence electrons. The molecule has 0 saturated carbocycles. The van der Waals surface area contributed by atoms with E-state index in [-0.39, 0.29) is 0 Å². The molecule has 0 aliphatic carbocycles. The second-order valence-corrected chi connectivity index (χ2v) is 4.96. The van der Waals surface area contributed by atoms with E-state index in [0.29, 0.717) is 6.04 Å². The molecular formula is C14H22N2. The quantitative estimate of drug-likeness (QED) is 0.818. The van der Waals surface area contributed by atoms with Crippen LogP contribution in [0.2, 0.25) is 0 Å². The van der Waals surface area contributed by atoms with Crippen molar-refractivity contribution in [2.24, 2.45) is 0 Å². The van der Waals surface area contributed by atoms with Gasteiger partial charge in [0, 0.05) is 32.2 Å². The number of hydrogen-bond acceptors (Lipinski definition) is 2.